The van der Waals surface area contributed by atoms with Crippen LogP contribution in [0.15, 0.2) is 48.5 Å². The molecule has 0 spiro atoms. The maximum absolute atomic E-state index is 13.1. The van der Waals surface area contributed by atoms with E-state index in [2.05, 4.69) is 10.2 Å². The first kappa shape index (κ1) is 42.2. The zero-order chi connectivity index (χ0) is 38.6. The van der Waals surface area contributed by atoms with Crippen LogP contribution in [0, 0.1) is 0 Å². The first-order valence-corrected chi connectivity index (χ1v) is 17.7. The van der Waals surface area contributed by atoms with E-state index >= 15 is 0 Å². The van der Waals surface area contributed by atoms with Crippen LogP contribution in [0.1, 0.15) is 73.2 Å². The highest BCUT2D eigenvalue weighted by atomic mass is 35.5. The van der Waals surface area contributed by atoms with Crippen LogP contribution in [0.5, 0.6) is 0 Å². The van der Waals surface area contributed by atoms with Gasteiger partial charge in [0.2, 0.25) is 11.8 Å². The maximum atomic E-state index is 13.1. The number of hydrogen-bond acceptors (Lipinski definition) is 8. The number of aliphatic carboxylic acids is 3. The van der Waals surface area contributed by atoms with Crippen LogP contribution in [0.25, 0.3) is 0 Å². The van der Waals surface area contributed by atoms with E-state index in [4.69, 9.17) is 43.6 Å². The summed E-state index contributed by atoms with van der Waals surface area (Å²) < 4.78 is 0. The minimum absolute atomic E-state index is 0.0276. The molecule has 2 aliphatic rings. The van der Waals surface area contributed by atoms with Crippen LogP contribution in [0.3, 0.4) is 0 Å². The van der Waals surface area contributed by atoms with Crippen LogP contribution in [0.2, 0.25) is 10.0 Å². The molecule has 0 aliphatic carbocycles. The van der Waals surface area contributed by atoms with E-state index < -0.39 is 41.9 Å². The van der Waals surface area contributed by atoms with Gasteiger partial charge in [0, 0.05) is 58.2 Å². The first-order valence-electron chi connectivity index (χ1n) is 16.9. The molecule has 0 aromatic heterocycles. The van der Waals surface area contributed by atoms with Crippen molar-refractivity contribution in [1.29, 1.82) is 0 Å². The average molecular weight is 766 g/mol. The Hall–Kier alpha value is -4.24. The predicted octanol–water partition coefficient (Wildman–Crippen LogP) is 3.58. The number of likely N-dealkylation sites (N-methyl/N-ethyl adjacent to an activating group) is 2. The van der Waals surface area contributed by atoms with Gasteiger partial charge < -0.3 is 40.4 Å². The van der Waals surface area contributed by atoms with Crippen molar-refractivity contribution in [3.05, 3.63) is 69.7 Å². The molecule has 4 rings (SSSR count). The minimum Gasteiger partial charge on any atom is -0.481 e. The van der Waals surface area contributed by atoms with Crippen molar-refractivity contribution in [3.63, 3.8) is 0 Å². The normalized spacial score (nSPS) is 16.6. The van der Waals surface area contributed by atoms with Crippen molar-refractivity contribution in [3.8, 4) is 0 Å². The van der Waals surface area contributed by atoms with Crippen molar-refractivity contribution in [2.45, 2.75) is 68.4 Å². The summed E-state index contributed by atoms with van der Waals surface area (Å²) in [5.74, 6) is -4.97. The van der Waals surface area contributed by atoms with Crippen LogP contribution in [-0.4, -0.2) is 129 Å². The Bertz CT molecular complexity index is 1580. The number of aliphatic hydroxyl groups is 1. The number of rotatable bonds is 14. The van der Waals surface area contributed by atoms with Gasteiger partial charge in [-0.2, -0.15) is 0 Å². The molecule has 16 heteroatoms. The predicted molar refractivity (Wildman–Crippen MR) is 192 cm³/mol. The van der Waals surface area contributed by atoms with E-state index in [9.17, 15) is 28.8 Å². The highest BCUT2D eigenvalue weighted by Crippen LogP contribution is 2.34. The Labute approximate surface area is 312 Å². The number of carbonyl (C=O) groups excluding carboxylic acids is 3. The summed E-state index contributed by atoms with van der Waals surface area (Å²) in [7, 11) is 3.48. The molecule has 2 aliphatic heterocycles. The van der Waals surface area contributed by atoms with Crippen LogP contribution in [0.4, 0.5) is 0 Å². The number of benzene rings is 2. The fourth-order valence-corrected chi connectivity index (χ4v) is 6.96. The van der Waals surface area contributed by atoms with Crippen molar-refractivity contribution in [2.24, 2.45) is 0 Å². The van der Waals surface area contributed by atoms with Gasteiger partial charge in [0.15, 0.2) is 5.60 Å². The van der Waals surface area contributed by atoms with Crippen LogP contribution >= 0.6 is 23.2 Å². The molecule has 3 amide bonds. The van der Waals surface area contributed by atoms with E-state index in [1.165, 1.54) is 0 Å². The number of nitrogens with zero attached hydrogens (tertiary/aromatic N) is 3. The fourth-order valence-electron chi connectivity index (χ4n) is 6.65. The number of hydrogen-bond donors (Lipinski definition) is 5. The molecule has 52 heavy (non-hydrogen) atoms. The van der Waals surface area contributed by atoms with Crippen LogP contribution in [-0.2, 0) is 24.0 Å². The van der Waals surface area contributed by atoms with Gasteiger partial charge in [-0.1, -0.05) is 47.5 Å². The number of likely N-dealkylation sites (tertiary alicyclic amines) is 2. The second-order valence-corrected chi connectivity index (χ2v) is 14.0. The number of halogens is 2. The second kappa shape index (κ2) is 19.0. The third-order valence-electron chi connectivity index (χ3n) is 9.53. The number of piperidine rings is 2. The van der Waals surface area contributed by atoms with Gasteiger partial charge in [-0.05, 0) is 68.5 Å². The molecule has 0 saturated carbocycles. The maximum Gasteiger partial charge on any atom is 0.336 e. The molecule has 2 aromatic rings. The standard InChI is InChI=1S/C30H38Cl2N4O3.C6H8O7/c1-33-29(39)30(36-16-7-6-10-27(36)37)14-18-35(19-15-30)17-13-24(23-11-12-25(31)26(32)20-23)21-34(2)28(38)22-8-4-3-5-9-22;7-3(8)1-6(13,5(11)12)2-4(9)10/h3-5,8-9,11-12,20,24H,6-7,10,13-19,21H2,1-2H3,(H,33,39);13H,1-2H2,(H,7,8)(H,9,10)(H,11,12)/t24-;/m1./s1. The van der Waals surface area contributed by atoms with Gasteiger partial charge in [-0.25, -0.2) is 4.79 Å². The van der Waals surface area contributed by atoms with Gasteiger partial charge in [-0.3, -0.25) is 24.0 Å². The molecular weight excluding hydrogens is 719 g/mol. The third-order valence-corrected chi connectivity index (χ3v) is 10.3. The Morgan fingerprint density at radius 2 is 1.54 bits per heavy atom. The summed E-state index contributed by atoms with van der Waals surface area (Å²) in [5, 5.41) is 37.6. The number of carboxylic acids is 3. The molecule has 0 unspecified atom stereocenters. The van der Waals surface area contributed by atoms with Crippen molar-refractivity contribution >= 4 is 58.8 Å². The molecule has 2 saturated heterocycles. The van der Waals surface area contributed by atoms with Gasteiger partial charge >= 0.3 is 17.9 Å². The lowest BCUT2D eigenvalue weighted by molar-refractivity contribution is -0.170. The molecule has 284 valence electrons. The summed E-state index contributed by atoms with van der Waals surface area (Å²) >= 11 is 12.6. The lowest BCUT2D eigenvalue weighted by Crippen LogP contribution is -2.65. The van der Waals surface area contributed by atoms with Gasteiger partial charge in [0.25, 0.3) is 5.91 Å². The molecule has 2 heterocycles. The lowest BCUT2D eigenvalue weighted by Gasteiger charge is -2.48. The molecule has 2 fully saturated rings. The van der Waals surface area contributed by atoms with E-state index in [1.54, 1.807) is 18.0 Å². The number of amides is 3. The van der Waals surface area contributed by atoms with Crippen LogP contribution < -0.4 is 5.32 Å². The summed E-state index contributed by atoms with van der Waals surface area (Å²) in [5.41, 5.74) is -1.82. The summed E-state index contributed by atoms with van der Waals surface area (Å²) in [6, 6.07) is 15.0. The molecule has 0 radical (unpaired) electrons. The fraction of sp³-hybridized carbons (Fsp3) is 0.500. The SMILES string of the molecule is CNC(=O)C1(N2CCCCC2=O)CCN(CC[C@H](CN(C)C(=O)c2ccccc2)c2ccc(Cl)c(Cl)c2)CC1.O=C(O)CC(O)(CC(=O)O)C(=O)O. The van der Waals surface area contributed by atoms with E-state index in [0.29, 0.717) is 48.0 Å². The van der Waals surface area contributed by atoms with E-state index in [-0.39, 0.29) is 23.6 Å². The second-order valence-electron chi connectivity index (χ2n) is 13.1. The molecule has 14 nitrogen and oxygen atoms in total. The Balaban J connectivity index is 0.000000478. The number of carboxylic acid groups (broad SMARTS) is 3. The average Bonchev–Trinajstić information content (AvgIpc) is 3.11. The topological polar surface area (TPSA) is 205 Å². The summed E-state index contributed by atoms with van der Waals surface area (Å²) in [6.07, 6.45) is 2.09. The number of nitrogens with one attached hydrogen (secondary N) is 1. The Morgan fingerprint density at radius 1 is 0.923 bits per heavy atom. The first-order chi connectivity index (χ1) is 24.5. The van der Waals surface area contributed by atoms with Crippen molar-refractivity contribution in [2.75, 3.05) is 46.8 Å². The highest BCUT2D eigenvalue weighted by molar-refractivity contribution is 6.42. The molecule has 2 aromatic carbocycles. The summed E-state index contributed by atoms with van der Waals surface area (Å²) in [4.78, 5) is 75.4. The largest absolute Gasteiger partial charge is 0.481 e. The number of carbonyl (C=O) groups is 6. The molecule has 0 bridgehead atoms. The third kappa shape index (κ3) is 11.1. The molecule has 1 atom stereocenters. The quantitative estimate of drug-likeness (QED) is 0.188. The zero-order valence-corrected chi connectivity index (χ0v) is 30.7. The van der Waals surface area contributed by atoms with E-state index in [0.717, 1.165) is 44.5 Å². The zero-order valence-electron chi connectivity index (χ0n) is 29.2. The smallest absolute Gasteiger partial charge is 0.336 e. The Morgan fingerprint density at radius 3 is 2.06 bits per heavy atom. The molecular formula is C36H46Cl2N4O10. The van der Waals surface area contributed by atoms with Gasteiger partial charge in [0.1, 0.15) is 5.54 Å². The summed E-state index contributed by atoms with van der Waals surface area (Å²) in [6.45, 7) is 3.43. The Kier molecular flexibility index (Phi) is 15.4. The van der Waals surface area contributed by atoms with Crippen molar-refractivity contribution < 1.29 is 49.2 Å². The minimum atomic E-state index is -2.74. The van der Waals surface area contributed by atoms with E-state index in [1.807, 2.05) is 54.4 Å². The molecule has 5 N–H and O–H groups in total. The highest BCUT2D eigenvalue weighted by Gasteiger charge is 2.48. The monoisotopic (exact) mass is 764 g/mol. The van der Waals surface area contributed by atoms with Crippen molar-refractivity contribution in [1.82, 2.24) is 20.0 Å². The lowest BCUT2D eigenvalue weighted by atomic mass is 9.82. The van der Waals surface area contributed by atoms with Gasteiger partial charge in [0.05, 0.1) is 22.9 Å². The van der Waals surface area contributed by atoms with Gasteiger partial charge in [-0.15, -0.1) is 0 Å².